The summed E-state index contributed by atoms with van der Waals surface area (Å²) in [6.07, 6.45) is 0. The third-order valence-corrected chi connectivity index (χ3v) is 2.13. The van der Waals surface area contributed by atoms with Gasteiger partial charge in [0.05, 0.1) is 14.2 Å². The third-order valence-electron chi connectivity index (χ3n) is 2.13. The summed E-state index contributed by atoms with van der Waals surface area (Å²) in [7, 11) is 2.87. The third kappa shape index (κ3) is 3.87. The monoisotopic (exact) mass is 267 g/mol. The lowest BCUT2D eigenvalue weighted by atomic mass is 10.2. The summed E-state index contributed by atoms with van der Waals surface area (Å²) in [4.78, 5) is 33.1. The lowest BCUT2D eigenvalue weighted by molar-refractivity contribution is -0.137. The number of carbonyl (C=O) groups excluding carboxylic acids is 3. The van der Waals surface area contributed by atoms with Crippen LogP contribution in [0.5, 0.6) is 11.5 Å². The van der Waals surface area contributed by atoms with Crippen LogP contribution in [0, 0.1) is 0 Å². The molecule has 0 atom stereocenters. The molecule has 0 aliphatic carbocycles. The normalized spacial score (nSPS) is 9.37. The average Bonchev–Trinajstić information content (AvgIpc) is 2.43. The SMILES string of the molecule is COc1cc(OC)cc(C(=O)NNC(=O)C(N)=O)c1. The highest BCUT2D eigenvalue weighted by Gasteiger charge is 2.13. The van der Waals surface area contributed by atoms with E-state index in [0.29, 0.717) is 11.5 Å². The first-order valence-electron chi connectivity index (χ1n) is 5.11. The van der Waals surface area contributed by atoms with E-state index in [9.17, 15) is 14.4 Å². The Morgan fingerprint density at radius 1 is 1.00 bits per heavy atom. The van der Waals surface area contributed by atoms with Crippen LogP contribution >= 0.6 is 0 Å². The molecular weight excluding hydrogens is 254 g/mol. The quantitative estimate of drug-likeness (QED) is 0.477. The van der Waals surface area contributed by atoms with Gasteiger partial charge >= 0.3 is 11.8 Å². The molecule has 1 rings (SSSR count). The number of ether oxygens (including phenoxy) is 2. The minimum Gasteiger partial charge on any atom is -0.497 e. The number of methoxy groups -OCH3 is 2. The van der Waals surface area contributed by atoms with Crippen LogP contribution in [0.2, 0.25) is 0 Å². The van der Waals surface area contributed by atoms with Gasteiger partial charge in [0.25, 0.3) is 5.91 Å². The first kappa shape index (κ1) is 14.3. The van der Waals surface area contributed by atoms with Crippen LogP contribution in [0.3, 0.4) is 0 Å². The van der Waals surface area contributed by atoms with E-state index in [-0.39, 0.29) is 5.56 Å². The van der Waals surface area contributed by atoms with Gasteiger partial charge < -0.3 is 15.2 Å². The minimum absolute atomic E-state index is 0.181. The number of primary amides is 1. The molecule has 1 aromatic carbocycles. The fourth-order valence-electron chi connectivity index (χ4n) is 1.19. The van der Waals surface area contributed by atoms with E-state index in [0.717, 1.165) is 0 Å². The van der Waals surface area contributed by atoms with Gasteiger partial charge in [0, 0.05) is 11.6 Å². The molecule has 102 valence electrons. The molecule has 0 saturated carbocycles. The number of hydrogen-bond donors (Lipinski definition) is 3. The van der Waals surface area contributed by atoms with Gasteiger partial charge in [-0.2, -0.15) is 0 Å². The molecule has 4 N–H and O–H groups in total. The Bertz CT molecular complexity index is 493. The zero-order chi connectivity index (χ0) is 14.4. The smallest absolute Gasteiger partial charge is 0.327 e. The topological polar surface area (TPSA) is 120 Å². The highest BCUT2D eigenvalue weighted by molar-refractivity contribution is 6.34. The van der Waals surface area contributed by atoms with E-state index in [1.807, 2.05) is 10.9 Å². The maximum atomic E-state index is 11.7. The van der Waals surface area contributed by atoms with Gasteiger partial charge in [0.15, 0.2) is 0 Å². The van der Waals surface area contributed by atoms with E-state index in [1.54, 1.807) is 6.07 Å². The van der Waals surface area contributed by atoms with Crippen molar-refractivity contribution < 1.29 is 23.9 Å². The number of benzene rings is 1. The Balaban J connectivity index is 2.81. The second-order valence-electron chi connectivity index (χ2n) is 3.37. The Labute approximate surface area is 108 Å². The lowest BCUT2D eigenvalue weighted by Crippen LogP contribution is -2.47. The summed E-state index contributed by atoms with van der Waals surface area (Å²) in [5.41, 5.74) is 8.78. The molecule has 1 aromatic rings. The molecule has 0 bridgehead atoms. The summed E-state index contributed by atoms with van der Waals surface area (Å²) in [6.45, 7) is 0. The van der Waals surface area contributed by atoms with Crippen molar-refractivity contribution in [2.45, 2.75) is 0 Å². The molecule has 0 aromatic heterocycles. The molecule has 0 saturated heterocycles. The van der Waals surface area contributed by atoms with Crippen molar-refractivity contribution >= 4 is 17.7 Å². The number of rotatable bonds is 3. The van der Waals surface area contributed by atoms with Crippen molar-refractivity contribution in [1.29, 1.82) is 0 Å². The molecule has 0 spiro atoms. The zero-order valence-electron chi connectivity index (χ0n) is 10.4. The molecule has 8 nitrogen and oxygen atoms in total. The Kier molecular flexibility index (Phi) is 4.69. The summed E-state index contributed by atoms with van der Waals surface area (Å²) in [5.74, 6) is -2.16. The standard InChI is InChI=1S/C11H13N3O5/c1-18-7-3-6(4-8(5-7)19-2)10(16)13-14-11(17)9(12)15/h3-5H,1-2H3,(H2,12,15)(H,13,16)(H,14,17). The zero-order valence-corrected chi connectivity index (χ0v) is 10.4. The van der Waals surface area contributed by atoms with Crippen LogP contribution < -0.4 is 26.1 Å². The van der Waals surface area contributed by atoms with E-state index >= 15 is 0 Å². The number of carbonyl (C=O) groups is 3. The Morgan fingerprint density at radius 2 is 1.53 bits per heavy atom. The van der Waals surface area contributed by atoms with Crippen molar-refractivity contribution in [3.63, 3.8) is 0 Å². The van der Waals surface area contributed by atoms with Crippen molar-refractivity contribution in [2.75, 3.05) is 14.2 Å². The van der Waals surface area contributed by atoms with Crippen molar-refractivity contribution in [3.05, 3.63) is 23.8 Å². The number of nitrogens with two attached hydrogens (primary N) is 1. The fourth-order valence-corrected chi connectivity index (χ4v) is 1.19. The molecule has 19 heavy (non-hydrogen) atoms. The lowest BCUT2D eigenvalue weighted by Gasteiger charge is -2.09. The maximum Gasteiger partial charge on any atom is 0.327 e. The van der Waals surface area contributed by atoms with Gasteiger partial charge in [-0.1, -0.05) is 0 Å². The summed E-state index contributed by atoms with van der Waals surface area (Å²) in [6, 6.07) is 4.46. The van der Waals surface area contributed by atoms with Gasteiger partial charge in [0.2, 0.25) is 0 Å². The van der Waals surface area contributed by atoms with Crippen molar-refractivity contribution in [2.24, 2.45) is 5.73 Å². The van der Waals surface area contributed by atoms with Crippen LogP contribution in [0.15, 0.2) is 18.2 Å². The number of amides is 3. The molecule has 0 heterocycles. The number of hydrogen-bond acceptors (Lipinski definition) is 5. The maximum absolute atomic E-state index is 11.7. The molecule has 8 heteroatoms. The predicted octanol–water partition coefficient (Wildman–Crippen LogP) is -1.05. The second-order valence-corrected chi connectivity index (χ2v) is 3.37. The van der Waals surface area contributed by atoms with Crippen LogP contribution in [0.25, 0.3) is 0 Å². The molecule has 0 radical (unpaired) electrons. The molecule has 0 aliphatic rings. The molecule has 0 unspecified atom stereocenters. The summed E-state index contributed by atoms with van der Waals surface area (Å²) < 4.78 is 9.98. The van der Waals surface area contributed by atoms with Gasteiger partial charge in [0.1, 0.15) is 11.5 Å². The number of hydrazine groups is 1. The summed E-state index contributed by atoms with van der Waals surface area (Å²) in [5, 5.41) is 0. The minimum atomic E-state index is -1.21. The highest BCUT2D eigenvalue weighted by atomic mass is 16.5. The van der Waals surface area contributed by atoms with Crippen LogP contribution in [0.1, 0.15) is 10.4 Å². The van der Waals surface area contributed by atoms with E-state index in [2.05, 4.69) is 0 Å². The predicted molar refractivity (Wildman–Crippen MR) is 64.3 cm³/mol. The average molecular weight is 267 g/mol. The fraction of sp³-hybridized carbons (Fsp3) is 0.182. The van der Waals surface area contributed by atoms with Crippen molar-refractivity contribution in [3.8, 4) is 11.5 Å². The highest BCUT2D eigenvalue weighted by Crippen LogP contribution is 2.22. The Hall–Kier alpha value is -2.77. The first-order valence-corrected chi connectivity index (χ1v) is 5.11. The van der Waals surface area contributed by atoms with Crippen molar-refractivity contribution in [1.82, 2.24) is 10.9 Å². The number of nitrogens with one attached hydrogen (secondary N) is 2. The molecule has 3 amide bonds. The van der Waals surface area contributed by atoms with Crippen LogP contribution in [0.4, 0.5) is 0 Å². The van der Waals surface area contributed by atoms with E-state index in [4.69, 9.17) is 15.2 Å². The molecule has 0 aliphatic heterocycles. The summed E-state index contributed by atoms with van der Waals surface area (Å²) >= 11 is 0. The Morgan fingerprint density at radius 3 is 1.95 bits per heavy atom. The van der Waals surface area contributed by atoms with Gasteiger partial charge in [-0.3, -0.25) is 25.2 Å². The van der Waals surface area contributed by atoms with Gasteiger partial charge in [-0.05, 0) is 12.1 Å². The second kappa shape index (κ2) is 6.24. The molecule has 0 fully saturated rings. The van der Waals surface area contributed by atoms with Crippen LogP contribution in [-0.2, 0) is 9.59 Å². The first-order chi connectivity index (χ1) is 8.97. The molecular formula is C11H13N3O5. The van der Waals surface area contributed by atoms with E-state index in [1.165, 1.54) is 26.4 Å². The van der Waals surface area contributed by atoms with Gasteiger partial charge in [-0.25, -0.2) is 0 Å². The van der Waals surface area contributed by atoms with E-state index < -0.39 is 17.7 Å². The largest absolute Gasteiger partial charge is 0.497 e. The van der Waals surface area contributed by atoms with Gasteiger partial charge in [-0.15, -0.1) is 0 Å². The van der Waals surface area contributed by atoms with Crippen LogP contribution in [-0.4, -0.2) is 31.9 Å².